The molecule has 0 radical (unpaired) electrons. The molecule has 0 saturated heterocycles. The van der Waals surface area contributed by atoms with Gasteiger partial charge in [0, 0.05) is 18.8 Å². The Morgan fingerprint density at radius 2 is 1.81 bits per heavy atom. The zero-order valence-corrected chi connectivity index (χ0v) is 12.9. The fourth-order valence-corrected chi connectivity index (χ4v) is 1.98. The first-order chi connectivity index (χ1) is 10.1. The molecule has 0 saturated carbocycles. The maximum Gasteiger partial charge on any atom is 0.239 e. The van der Waals surface area contributed by atoms with Gasteiger partial charge in [-0.1, -0.05) is 26.0 Å². The van der Waals surface area contributed by atoms with E-state index >= 15 is 0 Å². The quantitative estimate of drug-likeness (QED) is 0.714. The van der Waals surface area contributed by atoms with E-state index in [-0.39, 0.29) is 18.4 Å². The lowest BCUT2D eigenvalue weighted by Crippen LogP contribution is -2.42. The number of benzene rings is 1. The molecule has 2 amide bonds. The van der Waals surface area contributed by atoms with Crippen LogP contribution in [-0.2, 0) is 16.0 Å². The number of carbonyl (C=O) groups excluding carboxylic acids is 2. The molecule has 0 unspecified atom stereocenters. The molecule has 1 rings (SSSR count). The first kappa shape index (κ1) is 17.0. The van der Waals surface area contributed by atoms with Gasteiger partial charge in [0.05, 0.1) is 13.0 Å². The van der Waals surface area contributed by atoms with Gasteiger partial charge in [0.2, 0.25) is 11.8 Å². The van der Waals surface area contributed by atoms with Crippen LogP contribution in [-0.4, -0.2) is 36.3 Å². The average molecular weight is 291 g/mol. The molecule has 0 atom stereocenters. The van der Waals surface area contributed by atoms with Gasteiger partial charge in [-0.3, -0.25) is 9.59 Å². The highest BCUT2D eigenvalue weighted by atomic mass is 16.2. The predicted octanol–water partition coefficient (Wildman–Crippen LogP) is 1.58. The van der Waals surface area contributed by atoms with Crippen LogP contribution >= 0.6 is 0 Å². The molecule has 0 spiro atoms. The third kappa shape index (κ3) is 6.29. The normalized spacial score (nSPS) is 10.2. The van der Waals surface area contributed by atoms with Crippen molar-refractivity contribution >= 4 is 17.5 Å². The molecule has 21 heavy (non-hydrogen) atoms. The summed E-state index contributed by atoms with van der Waals surface area (Å²) >= 11 is 0. The van der Waals surface area contributed by atoms with Crippen LogP contribution in [0.15, 0.2) is 24.3 Å². The molecule has 5 nitrogen and oxygen atoms in total. The molecular weight excluding hydrogens is 266 g/mol. The summed E-state index contributed by atoms with van der Waals surface area (Å²) < 4.78 is 0. The highest BCUT2D eigenvalue weighted by Gasteiger charge is 2.16. The number of amides is 2. The molecule has 1 aromatic carbocycles. The van der Waals surface area contributed by atoms with Crippen molar-refractivity contribution in [3.63, 3.8) is 0 Å². The van der Waals surface area contributed by atoms with Crippen LogP contribution in [0.4, 0.5) is 5.69 Å². The average Bonchev–Trinajstić information content (AvgIpc) is 2.47. The maximum atomic E-state index is 12.3. The summed E-state index contributed by atoms with van der Waals surface area (Å²) in [4.78, 5) is 25.7. The number of nitrogen functional groups attached to an aromatic ring is 1. The molecule has 1 aromatic rings. The Labute approximate surface area is 126 Å². The SMILES string of the molecule is CCCNC(=O)CN(CCC)C(=O)Cc1ccc(N)cc1. The monoisotopic (exact) mass is 291 g/mol. The molecule has 0 bridgehead atoms. The minimum atomic E-state index is -0.101. The zero-order chi connectivity index (χ0) is 15.7. The zero-order valence-electron chi connectivity index (χ0n) is 12.9. The van der Waals surface area contributed by atoms with Gasteiger partial charge >= 0.3 is 0 Å². The van der Waals surface area contributed by atoms with Crippen LogP contribution in [0.1, 0.15) is 32.3 Å². The van der Waals surface area contributed by atoms with Crippen molar-refractivity contribution in [2.75, 3.05) is 25.4 Å². The van der Waals surface area contributed by atoms with Crippen LogP contribution in [0.25, 0.3) is 0 Å². The first-order valence-corrected chi connectivity index (χ1v) is 7.45. The van der Waals surface area contributed by atoms with Crippen molar-refractivity contribution in [3.8, 4) is 0 Å². The second kappa shape index (κ2) is 9.00. The number of hydrogen-bond donors (Lipinski definition) is 2. The first-order valence-electron chi connectivity index (χ1n) is 7.45. The standard InChI is InChI=1S/C16H25N3O2/c1-3-9-18-15(20)12-19(10-4-2)16(21)11-13-5-7-14(17)8-6-13/h5-8H,3-4,9-12,17H2,1-2H3,(H,18,20). The molecule has 0 aromatic heterocycles. The Balaban J connectivity index is 2.59. The Morgan fingerprint density at radius 1 is 1.14 bits per heavy atom. The lowest BCUT2D eigenvalue weighted by atomic mass is 10.1. The van der Waals surface area contributed by atoms with Crippen LogP contribution in [0.5, 0.6) is 0 Å². The molecule has 5 heteroatoms. The highest BCUT2D eigenvalue weighted by Crippen LogP contribution is 2.08. The molecule has 0 fully saturated rings. The number of rotatable bonds is 8. The number of nitrogens with two attached hydrogens (primary N) is 1. The highest BCUT2D eigenvalue weighted by molar-refractivity contribution is 5.85. The minimum Gasteiger partial charge on any atom is -0.399 e. The smallest absolute Gasteiger partial charge is 0.239 e. The maximum absolute atomic E-state index is 12.3. The van der Waals surface area contributed by atoms with E-state index in [4.69, 9.17) is 5.73 Å². The topological polar surface area (TPSA) is 75.4 Å². The number of nitrogens with one attached hydrogen (secondary N) is 1. The number of nitrogens with zero attached hydrogens (tertiary/aromatic N) is 1. The van der Waals surface area contributed by atoms with Crippen LogP contribution in [0.2, 0.25) is 0 Å². The van der Waals surface area contributed by atoms with E-state index in [2.05, 4.69) is 5.32 Å². The summed E-state index contributed by atoms with van der Waals surface area (Å²) in [6.07, 6.45) is 2.01. The van der Waals surface area contributed by atoms with Gasteiger partial charge < -0.3 is 16.0 Å². The fourth-order valence-electron chi connectivity index (χ4n) is 1.98. The summed E-state index contributed by atoms with van der Waals surface area (Å²) in [5.41, 5.74) is 7.21. The molecule has 0 aliphatic rings. The lowest BCUT2D eigenvalue weighted by molar-refractivity contribution is -0.135. The van der Waals surface area contributed by atoms with Crippen molar-refractivity contribution in [3.05, 3.63) is 29.8 Å². The minimum absolute atomic E-state index is 0.0340. The third-order valence-corrected chi connectivity index (χ3v) is 3.09. The van der Waals surface area contributed by atoms with Gasteiger partial charge in [-0.05, 0) is 30.5 Å². The fraction of sp³-hybridized carbons (Fsp3) is 0.500. The van der Waals surface area contributed by atoms with E-state index in [9.17, 15) is 9.59 Å². The number of anilines is 1. The number of carbonyl (C=O) groups is 2. The van der Waals surface area contributed by atoms with Crippen LogP contribution in [0.3, 0.4) is 0 Å². The van der Waals surface area contributed by atoms with Crippen molar-refractivity contribution in [1.29, 1.82) is 0 Å². The van der Waals surface area contributed by atoms with Gasteiger partial charge in [0.25, 0.3) is 0 Å². The number of hydrogen-bond acceptors (Lipinski definition) is 3. The van der Waals surface area contributed by atoms with E-state index in [1.54, 1.807) is 17.0 Å². The molecule has 0 aliphatic heterocycles. The Hall–Kier alpha value is -2.04. The largest absolute Gasteiger partial charge is 0.399 e. The van der Waals surface area contributed by atoms with Crippen molar-refractivity contribution < 1.29 is 9.59 Å². The summed E-state index contributed by atoms with van der Waals surface area (Å²) in [5, 5.41) is 2.80. The van der Waals surface area contributed by atoms with Gasteiger partial charge in [0.1, 0.15) is 0 Å². The van der Waals surface area contributed by atoms with E-state index in [0.29, 0.717) is 25.2 Å². The van der Waals surface area contributed by atoms with Gasteiger partial charge in [-0.15, -0.1) is 0 Å². The predicted molar refractivity (Wildman–Crippen MR) is 84.7 cm³/mol. The third-order valence-electron chi connectivity index (χ3n) is 3.09. The molecular formula is C16H25N3O2. The molecule has 116 valence electrons. The Kier molecular flexibility index (Phi) is 7.29. The van der Waals surface area contributed by atoms with Crippen LogP contribution in [0, 0.1) is 0 Å². The Morgan fingerprint density at radius 3 is 2.38 bits per heavy atom. The molecule has 0 aliphatic carbocycles. The second-order valence-corrected chi connectivity index (χ2v) is 5.08. The van der Waals surface area contributed by atoms with Crippen molar-refractivity contribution in [1.82, 2.24) is 10.2 Å². The molecule has 3 N–H and O–H groups in total. The van der Waals surface area contributed by atoms with E-state index in [0.717, 1.165) is 18.4 Å². The van der Waals surface area contributed by atoms with Gasteiger partial charge in [-0.25, -0.2) is 0 Å². The summed E-state index contributed by atoms with van der Waals surface area (Å²) in [6.45, 7) is 5.35. The van der Waals surface area contributed by atoms with Gasteiger partial charge in [0.15, 0.2) is 0 Å². The summed E-state index contributed by atoms with van der Waals surface area (Å²) in [6, 6.07) is 7.24. The van der Waals surface area contributed by atoms with E-state index in [1.807, 2.05) is 26.0 Å². The summed E-state index contributed by atoms with van der Waals surface area (Å²) in [7, 11) is 0. The van der Waals surface area contributed by atoms with E-state index < -0.39 is 0 Å². The second-order valence-electron chi connectivity index (χ2n) is 5.08. The van der Waals surface area contributed by atoms with Crippen molar-refractivity contribution in [2.45, 2.75) is 33.1 Å². The van der Waals surface area contributed by atoms with E-state index in [1.165, 1.54) is 0 Å². The summed E-state index contributed by atoms with van der Waals surface area (Å²) in [5.74, 6) is -0.135. The van der Waals surface area contributed by atoms with Crippen molar-refractivity contribution in [2.24, 2.45) is 0 Å². The van der Waals surface area contributed by atoms with Crippen LogP contribution < -0.4 is 11.1 Å². The lowest BCUT2D eigenvalue weighted by Gasteiger charge is -2.21. The molecule has 0 heterocycles. The Bertz CT molecular complexity index is 457. The van der Waals surface area contributed by atoms with Gasteiger partial charge in [-0.2, -0.15) is 0 Å².